The summed E-state index contributed by atoms with van der Waals surface area (Å²) in [5.41, 5.74) is 0. The average molecular weight is 246 g/mol. The molecule has 0 aromatic heterocycles. The molecule has 0 radical (unpaired) electrons. The molecule has 4 aliphatic carbocycles. The van der Waals surface area contributed by atoms with Gasteiger partial charge in [-0.3, -0.25) is 4.79 Å². The zero-order valence-electron chi connectivity index (χ0n) is 11.1. The Morgan fingerprint density at radius 1 is 1.17 bits per heavy atom. The summed E-state index contributed by atoms with van der Waals surface area (Å²) in [7, 11) is 1.87. The standard InChI is InChI=1S/C15H22N2O/c1-17(15(18)2-3-16)9-14-12-5-10-4-11(7-12)8-13(14)6-10/h10-14H,2,4-9H2,1H3. The van der Waals surface area contributed by atoms with Crippen LogP contribution in [0.3, 0.4) is 0 Å². The first-order valence-electron chi connectivity index (χ1n) is 7.28. The van der Waals surface area contributed by atoms with Crippen LogP contribution in [0.15, 0.2) is 0 Å². The molecule has 0 spiro atoms. The van der Waals surface area contributed by atoms with Crippen molar-refractivity contribution in [1.29, 1.82) is 5.26 Å². The Balaban J connectivity index is 1.63. The van der Waals surface area contributed by atoms with Gasteiger partial charge in [0.1, 0.15) is 6.42 Å². The Bertz CT molecular complexity index is 356. The fourth-order valence-electron chi connectivity index (χ4n) is 4.96. The molecule has 0 unspecified atom stereocenters. The van der Waals surface area contributed by atoms with E-state index in [0.717, 1.165) is 30.2 Å². The van der Waals surface area contributed by atoms with Crippen LogP contribution in [0, 0.1) is 40.9 Å². The Morgan fingerprint density at radius 2 is 1.72 bits per heavy atom. The van der Waals surface area contributed by atoms with Gasteiger partial charge < -0.3 is 4.90 Å². The molecule has 0 heterocycles. The number of nitrogens with zero attached hydrogens (tertiary/aromatic N) is 2. The summed E-state index contributed by atoms with van der Waals surface area (Å²) in [6.07, 6.45) is 7.11. The van der Waals surface area contributed by atoms with Gasteiger partial charge in [0.25, 0.3) is 0 Å². The summed E-state index contributed by atoms with van der Waals surface area (Å²) in [5.74, 6) is 4.40. The third-order valence-electron chi connectivity index (χ3n) is 5.56. The highest BCUT2D eigenvalue weighted by Crippen LogP contribution is 2.56. The van der Waals surface area contributed by atoms with Gasteiger partial charge >= 0.3 is 0 Å². The van der Waals surface area contributed by atoms with Gasteiger partial charge in [-0.2, -0.15) is 5.26 Å². The molecule has 4 bridgehead atoms. The molecule has 4 aliphatic rings. The third kappa shape index (κ3) is 2.02. The van der Waals surface area contributed by atoms with Gasteiger partial charge in [0.15, 0.2) is 0 Å². The normalized spacial score (nSPS) is 40.6. The zero-order valence-corrected chi connectivity index (χ0v) is 11.1. The quantitative estimate of drug-likeness (QED) is 0.767. The van der Waals surface area contributed by atoms with Crippen molar-refractivity contribution in [2.24, 2.45) is 29.6 Å². The van der Waals surface area contributed by atoms with Crippen molar-refractivity contribution in [3.05, 3.63) is 0 Å². The van der Waals surface area contributed by atoms with Crippen molar-refractivity contribution in [2.75, 3.05) is 13.6 Å². The fourth-order valence-corrected chi connectivity index (χ4v) is 4.96. The second-order valence-electron chi connectivity index (χ2n) is 6.70. The second-order valence-corrected chi connectivity index (χ2v) is 6.70. The van der Waals surface area contributed by atoms with Crippen LogP contribution in [0.2, 0.25) is 0 Å². The maximum Gasteiger partial charge on any atom is 0.236 e. The summed E-state index contributed by atoms with van der Waals surface area (Å²) in [5, 5.41) is 8.60. The SMILES string of the molecule is CN(CC1C2CC3CC(C2)CC1C3)C(=O)CC#N. The highest BCUT2D eigenvalue weighted by molar-refractivity contribution is 5.77. The van der Waals surface area contributed by atoms with Gasteiger partial charge in [-0.15, -0.1) is 0 Å². The monoisotopic (exact) mass is 246 g/mol. The molecule has 4 fully saturated rings. The van der Waals surface area contributed by atoms with Crippen molar-refractivity contribution in [2.45, 2.75) is 38.5 Å². The van der Waals surface area contributed by atoms with Gasteiger partial charge in [-0.05, 0) is 61.7 Å². The first kappa shape index (κ1) is 12.0. The van der Waals surface area contributed by atoms with Gasteiger partial charge in [0.2, 0.25) is 5.91 Å². The third-order valence-corrected chi connectivity index (χ3v) is 5.56. The van der Waals surface area contributed by atoms with E-state index in [1.807, 2.05) is 13.1 Å². The first-order valence-corrected chi connectivity index (χ1v) is 7.28. The number of rotatable bonds is 3. The van der Waals surface area contributed by atoms with E-state index in [1.54, 1.807) is 4.90 Å². The predicted octanol–water partition coefficient (Wildman–Crippen LogP) is 2.43. The average Bonchev–Trinajstić information content (AvgIpc) is 2.33. The lowest BCUT2D eigenvalue weighted by atomic mass is 9.52. The Labute approximate surface area is 109 Å². The fraction of sp³-hybridized carbons (Fsp3) is 0.867. The molecule has 18 heavy (non-hydrogen) atoms. The summed E-state index contributed by atoms with van der Waals surface area (Å²) < 4.78 is 0. The topological polar surface area (TPSA) is 44.1 Å². The van der Waals surface area contributed by atoms with Crippen LogP contribution in [0.25, 0.3) is 0 Å². The molecule has 4 rings (SSSR count). The van der Waals surface area contributed by atoms with Gasteiger partial charge in [-0.25, -0.2) is 0 Å². The number of hydrogen-bond acceptors (Lipinski definition) is 2. The lowest BCUT2D eigenvalue weighted by Gasteiger charge is -2.55. The Kier molecular flexibility index (Phi) is 3.05. The maximum atomic E-state index is 11.7. The summed E-state index contributed by atoms with van der Waals surface area (Å²) in [6, 6.07) is 1.96. The van der Waals surface area contributed by atoms with Crippen molar-refractivity contribution in [1.82, 2.24) is 4.90 Å². The van der Waals surface area contributed by atoms with Gasteiger partial charge in [0, 0.05) is 13.6 Å². The van der Waals surface area contributed by atoms with E-state index in [1.165, 1.54) is 32.1 Å². The van der Waals surface area contributed by atoms with E-state index in [2.05, 4.69) is 0 Å². The van der Waals surface area contributed by atoms with Crippen LogP contribution in [-0.4, -0.2) is 24.4 Å². The molecule has 3 nitrogen and oxygen atoms in total. The van der Waals surface area contributed by atoms with E-state index < -0.39 is 0 Å². The van der Waals surface area contributed by atoms with Crippen LogP contribution in [-0.2, 0) is 4.79 Å². The van der Waals surface area contributed by atoms with Crippen LogP contribution in [0.5, 0.6) is 0 Å². The van der Waals surface area contributed by atoms with Crippen molar-refractivity contribution in [3.8, 4) is 6.07 Å². The number of carbonyl (C=O) groups excluding carboxylic acids is 1. The molecule has 98 valence electrons. The summed E-state index contributed by atoms with van der Waals surface area (Å²) in [4.78, 5) is 13.5. The molecule has 3 heteroatoms. The van der Waals surface area contributed by atoms with Gasteiger partial charge in [-0.1, -0.05) is 0 Å². The largest absolute Gasteiger partial charge is 0.345 e. The Morgan fingerprint density at radius 3 is 2.22 bits per heavy atom. The van der Waals surface area contributed by atoms with E-state index in [4.69, 9.17) is 5.26 Å². The Hall–Kier alpha value is -1.04. The second kappa shape index (κ2) is 4.57. The van der Waals surface area contributed by atoms with Crippen molar-refractivity contribution < 1.29 is 4.79 Å². The smallest absolute Gasteiger partial charge is 0.236 e. The summed E-state index contributed by atoms with van der Waals surface area (Å²) >= 11 is 0. The molecule has 1 amide bonds. The van der Waals surface area contributed by atoms with E-state index in [-0.39, 0.29) is 12.3 Å². The number of amides is 1. The lowest BCUT2D eigenvalue weighted by molar-refractivity contribution is -0.131. The molecule has 0 aliphatic heterocycles. The van der Waals surface area contributed by atoms with Gasteiger partial charge in [0.05, 0.1) is 6.07 Å². The van der Waals surface area contributed by atoms with Crippen LogP contribution < -0.4 is 0 Å². The van der Waals surface area contributed by atoms with E-state index in [9.17, 15) is 4.79 Å². The first-order chi connectivity index (χ1) is 8.67. The number of hydrogen-bond donors (Lipinski definition) is 0. The minimum Gasteiger partial charge on any atom is -0.345 e. The highest BCUT2D eigenvalue weighted by atomic mass is 16.2. The minimum atomic E-state index is -0.00805. The van der Waals surface area contributed by atoms with E-state index in [0.29, 0.717) is 5.92 Å². The van der Waals surface area contributed by atoms with Crippen LogP contribution in [0.1, 0.15) is 38.5 Å². The molecule has 0 aromatic carbocycles. The number of nitriles is 1. The lowest BCUT2D eigenvalue weighted by Crippen LogP contribution is -2.49. The van der Waals surface area contributed by atoms with E-state index >= 15 is 0 Å². The molecule has 0 saturated heterocycles. The molecule has 0 atom stereocenters. The summed E-state index contributed by atoms with van der Waals surface area (Å²) in [6.45, 7) is 0.884. The minimum absolute atomic E-state index is 0.00805. The molecule has 0 aromatic rings. The van der Waals surface area contributed by atoms with Crippen LogP contribution in [0.4, 0.5) is 0 Å². The van der Waals surface area contributed by atoms with Crippen molar-refractivity contribution in [3.63, 3.8) is 0 Å². The highest BCUT2D eigenvalue weighted by Gasteiger charge is 2.48. The van der Waals surface area contributed by atoms with Crippen molar-refractivity contribution >= 4 is 5.91 Å². The molecule has 0 N–H and O–H groups in total. The van der Waals surface area contributed by atoms with Crippen LogP contribution >= 0.6 is 0 Å². The predicted molar refractivity (Wildman–Crippen MR) is 68.4 cm³/mol. The molecule has 4 saturated carbocycles. The number of carbonyl (C=O) groups is 1. The zero-order chi connectivity index (χ0) is 12.7. The molecular weight excluding hydrogens is 224 g/mol. The molecular formula is C15H22N2O. The maximum absolute atomic E-state index is 11.7.